The Kier molecular flexibility index (Phi) is 4.43. The first kappa shape index (κ1) is 13.9. The van der Waals surface area contributed by atoms with Crippen LogP contribution in [0.1, 0.15) is 25.3 Å². The van der Waals surface area contributed by atoms with E-state index in [9.17, 15) is 0 Å². The van der Waals surface area contributed by atoms with Gasteiger partial charge in [0.05, 0.1) is 0 Å². The lowest BCUT2D eigenvalue weighted by Crippen LogP contribution is -2.19. The molecular weight excluding hydrogens is 234 g/mol. The zero-order valence-electron chi connectivity index (χ0n) is 12.3. The molecule has 0 bridgehead atoms. The summed E-state index contributed by atoms with van der Waals surface area (Å²) < 4.78 is 5.92. The van der Waals surface area contributed by atoms with Crippen molar-refractivity contribution in [2.75, 3.05) is 27.2 Å². The van der Waals surface area contributed by atoms with E-state index in [0.717, 1.165) is 18.9 Å². The van der Waals surface area contributed by atoms with E-state index in [1.54, 1.807) is 0 Å². The van der Waals surface area contributed by atoms with Crippen molar-refractivity contribution in [1.82, 2.24) is 4.90 Å². The Morgan fingerprint density at radius 1 is 1.00 bits per heavy atom. The minimum absolute atomic E-state index is 0.528. The largest absolute Gasteiger partial charge is 0.492 e. The first-order valence-corrected chi connectivity index (χ1v) is 6.88. The molecule has 0 aliphatic carbocycles. The number of benzene rings is 2. The number of ether oxygens (including phenoxy) is 1. The highest BCUT2D eigenvalue weighted by Gasteiger charge is 2.09. The molecule has 2 rings (SSSR count). The number of likely N-dealkylation sites (N-methyl/N-ethyl adjacent to an activating group) is 1. The third kappa shape index (κ3) is 3.27. The van der Waals surface area contributed by atoms with E-state index in [4.69, 9.17) is 4.74 Å². The molecule has 0 unspecified atom stereocenters. The maximum Gasteiger partial charge on any atom is 0.127 e. The predicted octanol–water partition coefficient (Wildman–Crippen LogP) is 3.90. The molecule has 0 heterocycles. The van der Waals surface area contributed by atoms with Crippen LogP contribution in [0.25, 0.3) is 10.8 Å². The Morgan fingerprint density at radius 3 is 2.32 bits per heavy atom. The summed E-state index contributed by atoms with van der Waals surface area (Å²) in [6, 6.07) is 12.8. The van der Waals surface area contributed by atoms with Gasteiger partial charge in [-0.3, -0.25) is 0 Å². The number of hydrogen-bond donors (Lipinski definition) is 0. The van der Waals surface area contributed by atoms with Crippen LogP contribution in [0.3, 0.4) is 0 Å². The molecule has 0 aliphatic rings. The summed E-state index contributed by atoms with van der Waals surface area (Å²) >= 11 is 0. The number of rotatable bonds is 5. The Hall–Kier alpha value is -1.54. The molecule has 2 aromatic rings. The van der Waals surface area contributed by atoms with Crippen LogP contribution in [0.4, 0.5) is 0 Å². The van der Waals surface area contributed by atoms with Crippen LogP contribution in [-0.2, 0) is 0 Å². The molecular formula is C17H23NO. The molecule has 2 heteroatoms. The van der Waals surface area contributed by atoms with Gasteiger partial charge in [0.25, 0.3) is 0 Å². The Labute approximate surface area is 116 Å². The van der Waals surface area contributed by atoms with Crippen LogP contribution in [0.2, 0.25) is 0 Å². The summed E-state index contributed by atoms with van der Waals surface area (Å²) in [4.78, 5) is 2.13. The van der Waals surface area contributed by atoms with Crippen molar-refractivity contribution in [2.45, 2.75) is 19.8 Å². The Balaban J connectivity index is 2.33. The quantitative estimate of drug-likeness (QED) is 0.805. The van der Waals surface area contributed by atoms with Crippen LogP contribution in [0, 0.1) is 0 Å². The van der Waals surface area contributed by atoms with E-state index in [1.807, 2.05) is 0 Å². The van der Waals surface area contributed by atoms with Gasteiger partial charge < -0.3 is 9.64 Å². The molecule has 0 atom stereocenters. The fourth-order valence-corrected chi connectivity index (χ4v) is 2.26. The van der Waals surface area contributed by atoms with Gasteiger partial charge in [0.15, 0.2) is 0 Å². The van der Waals surface area contributed by atoms with Crippen molar-refractivity contribution < 1.29 is 4.74 Å². The van der Waals surface area contributed by atoms with Crippen molar-refractivity contribution in [1.29, 1.82) is 0 Å². The molecule has 0 N–H and O–H groups in total. The third-order valence-electron chi connectivity index (χ3n) is 3.34. The molecule has 102 valence electrons. The maximum atomic E-state index is 5.92. The summed E-state index contributed by atoms with van der Waals surface area (Å²) in [5.41, 5.74) is 1.38. The SMILES string of the molecule is CC(C)c1ccc(OCCN(C)C)c2ccccc12. The lowest BCUT2D eigenvalue weighted by atomic mass is 9.96. The second-order valence-corrected chi connectivity index (χ2v) is 5.50. The number of nitrogens with zero attached hydrogens (tertiary/aromatic N) is 1. The lowest BCUT2D eigenvalue weighted by Gasteiger charge is -2.15. The van der Waals surface area contributed by atoms with Crippen LogP contribution in [-0.4, -0.2) is 32.1 Å². The van der Waals surface area contributed by atoms with Gasteiger partial charge in [-0.05, 0) is 37.0 Å². The van der Waals surface area contributed by atoms with Gasteiger partial charge in [-0.1, -0.05) is 44.2 Å². The summed E-state index contributed by atoms with van der Waals surface area (Å²) in [6.07, 6.45) is 0. The zero-order chi connectivity index (χ0) is 13.8. The first-order chi connectivity index (χ1) is 9.09. The van der Waals surface area contributed by atoms with Crippen LogP contribution < -0.4 is 4.74 Å². The second kappa shape index (κ2) is 6.07. The highest BCUT2D eigenvalue weighted by Crippen LogP contribution is 2.32. The second-order valence-electron chi connectivity index (χ2n) is 5.50. The standard InChI is InChI=1S/C17H23NO/c1-13(2)14-9-10-17(19-12-11-18(3)4)16-8-6-5-7-15(14)16/h5-10,13H,11-12H2,1-4H3. The van der Waals surface area contributed by atoms with E-state index in [0.29, 0.717) is 5.92 Å². The van der Waals surface area contributed by atoms with Gasteiger partial charge in [-0.15, -0.1) is 0 Å². The molecule has 0 spiro atoms. The van der Waals surface area contributed by atoms with Crippen molar-refractivity contribution in [3.63, 3.8) is 0 Å². The number of fused-ring (bicyclic) bond motifs is 1. The minimum Gasteiger partial charge on any atom is -0.492 e. The molecule has 0 aliphatic heterocycles. The molecule has 0 amide bonds. The Morgan fingerprint density at radius 2 is 1.68 bits per heavy atom. The number of hydrogen-bond acceptors (Lipinski definition) is 2. The highest BCUT2D eigenvalue weighted by atomic mass is 16.5. The fourth-order valence-electron chi connectivity index (χ4n) is 2.26. The maximum absolute atomic E-state index is 5.92. The summed E-state index contributed by atoms with van der Waals surface area (Å²) in [5, 5.41) is 2.52. The van der Waals surface area contributed by atoms with E-state index in [2.05, 4.69) is 69.2 Å². The first-order valence-electron chi connectivity index (χ1n) is 6.88. The van der Waals surface area contributed by atoms with Gasteiger partial charge in [0, 0.05) is 11.9 Å². The van der Waals surface area contributed by atoms with Crippen molar-refractivity contribution >= 4 is 10.8 Å². The smallest absolute Gasteiger partial charge is 0.127 e. The van der Waals surface area contributed by atoms with Gasteiger partial charge in [0.2, 0.25) is 0 Å². The minimum atomic E-state index is 0.528. The average molecular weight is 257 g/mol. The lowest BCUT2D eigenvalue weighted by molar-refractivity contribution is 0.263. The average Bonchev–Trinajstić information content (AvgIpc) is 2.38. The van der Waals surface area contributed by atoms with E-state index >= 15 is 0 Å². The highest BCUT2D eigenvalue weighted by molar-refractivity contribution is 5.91. The molecule has 0 saturated carbocycles. The normalized spacial score (nSPS) is 11.5. The van der Waals surface area contributed by atoms with Crippen molar-refractivity contribution in [3.05, 3.63) is 42.0 Å². The molecule has 0 fully saturated rings. The van der Waals surface area contributed by atoms with Crippen molar-refractivity contribution in [2.24, 2.45) is 0 Å². The third-order valence-corrected chi connectivity index (χ3v) is 3.34. The molecule has 2 nitrogen and oxygen atoms in total. The molecule has 19 heavy (non-hydrogen) atoms. The van der Waals surface area contributed by atoms with E-state index in [-0.39, 0.29) is 0 Å². The van der Waals surface area contributed by atoms with Gasteiger partial charge in [-0.2, -0.15) is 0 Å². The molecule has 0 aromatic heterocycles. The molecule has 0 radical (unpaired) electrons. The zero-order valence-corrected chi connectivity index (χ0v) is 12.3. The van der Waals surface area contributed by atoms with Gasteiger partial charge in [0.1, 0.15) is 12.4 Å². The van der Waals surface area contributed by atoms with Gasteiger partial charge >= 0.3 is 0 Å². The van der Waals surface area contributed by atoms with Crippen LogP contribution >= 0.6 is 0 Å². The topological polar surface area (TPSA) is 12.5 Å². The Bertz CT molecular complexity index is 546. The fraction of sp³-hybridized carbons (Fsp3) is 0.412. The predicted molar refractivity (Wildman–Crippen MR) is 82.1 cm³/mol. The van der Waals surface area contributed by atoms with E-state index < -0.39 is 0 Å². The van der Waals surface area contributed by atoms with Crippen LogP contribution in [0.15, 0.2) is 36.4 Å². The summed E-state index contributed by atoms with van der Waals surface area (Å²) in [5.74, 6) is 1.52. The van der Waals surface area contributed by atoms with Gasteiger partial charge in [-0.25, -0.2) is 0 Å². The summed E-state index contributed by atoms with van der Waals surface area (Å²) in [6.45, 7) is 6.11. The van der Waals surface area contributed by atoms with Crippen molar-refractivity contribution in [3.8, 4) is 5.75 Å². The van der Waals surface area contributed by atoms with E-state index in [1.165, 1.54) is 16.3 Å². The van der Waals surface area contributed by atoms with Crippen LogP contribution in [0.5, 0.6) is 5.75 Å². The monoisotopic (exact) mass is 257 g/mol. The molecule has 2 aromatic carbocycles. The molecule has 0 saturated heterocycles. The summed E-state index contributed by atoms with van der Waals surface area (Å²) in [7, 11) is 4.12.